The van der Waals surface area contributed by atoms with Crippen LogP contribution in [0.1, 0.15) is 38.3 Å². The molecule has 0 amide bonds. The third-order valence-corrected chi connectivity index (χ3v) is 5.32. The van der Waals surface area contributed by atoms with Gasteiger partial charge in [-0.05, 0) is 31.4 Å². The molecule has 2 aromatic carbocycles. The van der Waals surface area contributed by atoms with Gasteiger partial charge in [-0.3, -0.25) is 4.90 Å². The average Bonchev–Trinajstić information content (AvgIpc) is 3.05. The zero-order chi connectivity index (χ0) is 22.4. The summed E-state index contributed by atoms with van der Waals surface area (Å²) in [6, 6.07) is 18.3. The Kier molecular flexibility index (Phi) is 7.88. The number of nitrogens with zero attached hydrogens (tertiary/aromatic N) is 3. The molecule has 0 saturated carbocycles. The van der Waals surface area contributed by atoms with Crippen LogP contribution in [-0.4, -0.2) is 39.0 Å². The number of rotatable bonds is 10. The first kappa shape index (κ1) is 23.0. The smallest absolute Gasteiger partial charge is 0.222 e. The Hall–Kier alpha value is -2.63. The van der Waals surface area contributed by atoms with E-state index >= 15 is 0 Å². The van der Waals surface area contributed by atoms with Crippen molar-refractivity contribution in [2.75, 3.05) is 13.1 Å². The fourth-order valence-corrected chi connectivity index (χ4v) is 3.74. The van der Waals surface area contributed by atoms with Crippen LogP contribution in [-0.2, 0) is 13.6 Å². The zero-order valence-electron chi connectivity index (χ0n) is 19.4. The highest BCUT2D eigenvalue weighted by Crippen LogP contribution is 2.34. The molecule has 0 bridgehead atoms. The maximum Gasteiger partial charge on any atom is 0.222 e. The summed E-state index contributed by atoms with van der Waals surface area (Å²) in [5.74, 6) is 2.02. The standard InChI is InChI=1S/C26H35N3O2/c1-6-22(30)17-29(16-19(2)3)18-24-25(21-10-8-7-9-11-21)27-28(5)26(24)31-23-14-12-20(4)13-15-23/h7-15,19,22,30H,6,16-18H2,1-5H3. The lowest BCUT2D eigenvalue weighted by atomic mass is 10.1. The average molecular weight is 422 g/mol. The molecule has 166 valence electrons. The molecule has 1 atom stereocenters. The van der Waals surface area contributed by atoms with Crippen LogP contribution in [0.5, 0.6) is 11.6 Å². The van der Waals surface area contributed by atoms with Crippen molar-refractivity contribution >= 4 is 0 Å². The zero-order valence-corrected chi connectivity index (χ0v) is 19.4. The molecule has 0 saturated heterocycles. The molecule has 1 heterocycles. The molecule has 5 heteroatoms. The number of ether oxygens (including phenoxy) is 1. The third kappa shape index (κ3) is 6.18. The van der Waals surface area contributed by atoms with Crippen LogP contribution in [0.4, 0.5) is 0 Å². The maximum absolute atomic E-state index is 10.3. The lowest BCUT2D eigenvalue weighted by molar-refractivity contribution is 0.0982. The molecule has 0 fully saturated rings. The topological polar surface area (TPSA) is 50.5 Å². The van der Waals surface area contributed by atoms with Crippen LogP contribution in [0.2, 0.25) is 0 Å². The normalized spacial score (nSPS) is 12.5. The van der Waals surface area contributed by atoms with Gasteiger partial charge in [0, 0.05) is 32.2 Å². The summed E-state index contributed by atoms with van der Waals surface area (Å²) in [6.45, 7) is 10.7. The van der Waals surface area contributed by atoms with Gasteiger partial charge in [0.2, 0.25) is 5.88 Å². The summed E-state index contributed by atoms with van der Waals surface area (Å²) < 4.78 is 8.17. The van der Waals surface area contributed by atoms with E-state index in [1.54, 1.807) is 0 Å². The molecule has 0 radical (unpaired) electrons. The number of aromatic nitrogens is 2. The van der Waals surface area contributed by atoms with E-state index in [4.69, 9.17) is 9.84 Å². The highest BCUT2D eigenvalue weighted by molar-refractivity contribution is 5.65. The van der Waals surface area contributed by atoms with Gasteiger partial charge in [-0.2, -0.15) is 5.10 Å². The highest BCUT2D eigenvalue weighted by Gasteiger charge is 2.23. The Morgan fingerprint density at radius 3 is 2.32 bits per heavy atom. The van der Waals surface area contributed by atoms with E-state index in [9.17, 15) is 5.11 Å². The first-order valence-electron chi connectivity index (χ1n) is 11.1. The second kappa shape index (κ2) is 10.6. The molecule has 31 heavy (non-hydrogen) atoms. The fourth-order valence-electron chi connectivity index (χ4n) is 3.74. The van der Waals surface area contributed by atoms with E-state index in [1.807, 2.05) is 61.1 Å². The van der Waals surface area contributed by atoms with Crippen LogP contribution < -0.4 is 4.74 Å². The van der Waals surface area contributed by atoms with Crippen LogP contribution in [0.3, 0.4) is 0 Å². The lowest BCUT2D eigenvalue weighted by Crippen LogP contribution is -2.34. The predicted molar refractivity (Wildman–Crippen MR) is 126 cm³/mol. The Morgan fingerprint density at radius 2 is 1.71 bits per heavy atom. The number of aliphatic hydroxyl groups is 1. The fraction of sp³-hybridized carbons (Fsp3) is 0.423. The molecule has 1 unspecified atom stereocenters. The van der Waals surface area contributed by atoms with Crippen molar-refractivity contribution in [1.29, 1.82) is 0 Å². The predicted octanol–water partition coefficient (Wildman–Crippen LogP) is 5.42. The molecule has 0 aliphatic carbocycles. The van der Waals surface area contributed by atoms with E-state index in [1.165, 1.54) is 5.56 Å². The quantitative estimate of drug-likeness (QED) is 0.475. The number of aryl methyl sites for hydroxylation is 2. The van der Waals surface area contributed by atoms with Crippen LogP contribution in [0.25, 0.3) is 11.3 Å². The van der Waals surface area contributed by atoms with Gasteiger partial charge < -0.3 is 9.84 Å². The van der Waals surface area contributed by atoms with Gasteiger partial charge in [-0.25, -0.2) is 4.68 Å². The summed E-state index contributed by atoms with van der Waals surface area (Å²) in [5.41, 5.74) is 4.22. The number of benzene rings is 2. The van der Waals surface area contributed by atoms with E-state index in [2.05, 4.69) is 37.8 Å². The third-order valence-electron chi connectivity index (χ3n) is 5.32. The van der Waals surface area contributed by atoms with Gasteiger partial charge in [-0.1, -0.05) is 68.8 Å². The number of aliphatic hydroxyl groups excluding tert-OH is 1. The van der Waals surface area contributed by atoms with Crippen molar-refractivity contribution in [3.05, 3.63) is 65.7 Å². The Balaban J connectivity index is 2.02. The minimum absolute atomic E-state index is 0.350. The minimum Gasteiger partial charge on any atom is -0.439 e. The first-order valence-corrected chi connectivity index (χ1v) is 11.1. The molecule has 0 aliphatic rings. The Bertz CT molecular complexity index is 949. The van der Waals surface area contributed by atoms with Crippen LogP contribution >= 0.6 is 0 Å². The molecule has 3 aromatic rings. The van der Waals surface area contributed by atoms with Gasteiger partial charge in [0.1, 0.15) is 11.4 Å². The van der Waals surface area contributed by atoms with Gasteiger partial charge in [-0.15, -0.1) is 0 Å². The van der Waals surface area contributed by atoms with Crippen molar-refractivity contribution in [2.45, 2.75) is 46.8 Å². The lowest BCUT2D eigenvalue weighted by Gasteiger charge is -2.26. The van der Waals surface area contributed by atoms with E-state index in [0.717, 1.165) is 41.4 Å². The summed E-state index contributed by atoms with van der Waals surface area (Å²) in [7, 11) is 1.92. The molecule has 0 aliphatic heterocycles. The minimum atomic E-state index is -0.350. The number of hydrogen-bond acceptors (Lipinski definition) is 4. The molecule has 0 spiro atoms. The van der Waals surface area contributed by atoms with E-state index in [0.29, 0.717) is 19.0 Å². The van der Waals surface area contributed by atoms with Crippen molar-refractivity contribution < 1.29 is 9.84 Å². The van der Waals surface area contributed by atoms with Crippen molar-refractivity contribution in [3.63, 3.8) is 0 Å². The molecule has 3 rings (SSSR count). The van der Waals surface area contributed by atoms with Gasteiger partial charge in [0.25, 0.3) is 0 Å². The maximum atomic E-state index is 10.3. The Morgan fingerprint density at radius 1 is 1.03 bits per heavy atom. The van der Waals surface area contributed by atoms with Gasteiger partial charge in [0.05, 0.1) is 11.7 Å². The summed E-state index contributed by atoms with van der Waals surface area (Å²) in [6.07, 6.45) is 0.386. The Labute approximate surface area is 186 Å². The van der Waals surface area contributed by atoms with E-state index in [-0.39, 0.29) is 6.10 Å². The second-order valence-electron chi connectivity index (χ2n) is 8.69. The molecule has 1 N–H and O–H groups in total. The van der Waals surface area contributed by atoms with Gasteiger partial charge >= 0.3 is 0 Å². The van der Waals surface area contributed by atoms with Crippen molar-refractivity contribution in [3.8, 4) is 22.9 Å². The summed E-state index contributed by atoms with van der Waals surface area (Å²) in [5, 5.41) is 15.2. The molecular formula is C26H35N3O2. The highest BCUT2D eigenvalue weighted by atomic mass is 16.5. The van der Waals surface area contributed by atoms with E-state index < -0.39 is 0 Å². The van der Waals surface area contributed by atoms with Crippen LogP contribution in [0.15, 0.2) is 54.6 Å². The first-order chi connectivity index (χ1) is 14.9. The summed E-state index contributed by atoms with van der Waals surface area (Å²) in [4.78, 5) is 2.31. The molecule has 5 nitrogen and oxygen atoms in total. The van der Waals surface area contributed by atoms with Crippen LogP contribution in [0, 0.1) is 12.8 Å². The van der Waals surface area contributed by atoms with Crippen molar-refractivity contribution in [2.24, 2.45) is 13.0 Å². The molecular weight excluding hydrogens is 386 g/mol. The number of hydrogen-bond donors (Lipinski definition) is 1. The monoisotopic (exact) mass is 421 g/mol. The largest absolute Gasteiger partial charge is 0.439 e. The van der Waals surface area contributed by atoms with Crippen molar-refractivity contribution in [1.82, 2.24) is 14.7 Å². The molecule has 1 aromatic heterocycles. The summed E-state index contributed by atoms with van der Waals surface area (Å²) >= 11 is 0. The SMILES string of the molecule is CCC(O)CN(Cc1c(-c2ccccc2)nn(C)c1Oc1ccc(C)cc1)CC(C)C. The second-order valence-corrected chi connectivity index (χ2v) is 8.69. The van der Waals surface area contributed by atoms with Gasteiger partial charge in [0.15, 0.2) is 0 Å².